The predicted molar refractivity (Wildman–Crippen MR) is 83.3 cm³/mol. The van der Waals surface area contributed by atoms with Crippen LogP contribution in [0.25, 0.3) is 0 Å². The predicted octanol–water partition coefficient (Wildman–Crippen LogP) is 3.85. The van der Waals surface area contributed by atoms with Gasteiger partial charge in [0.2, 0.25) is 0 Å². The van der Waals surface area contributed by atoms with Gasteiger partial charge in [0, 0.05) is 27.9 Å². The summed E-state index contributed by atoms with van der Waals surface area (Å²) in [5.41, 5.74) is 3.54. The number of likely N-dealkylation sites (N-methyl/N-ethyl adjacent to an activating group) is 1. The second kappa shape index (κ2) is 6.16. The molecule has 1 N–H and O–H groups in total. The summed E-state index contributed by atoms with van der Waals surface area (Å²) in [6.45, 7) is 3.25. The Morgan fingerprint density at radius 2 is 2.42 bits per heavy atom. The van der Waals surface area contributed by atoms with Crippen molar-refractivity contribution >= 4 is 22.7 Å². The average molecular weight is 292 g/mol. The van der Waals surface area contributed by atoms with Gasteiger partial charge in [-0.2, -0.15) is 0 Å². The van der Waals surface area contributed by atoms with E-state index in [9.17, 15) is 0 Å². The topological polar surface area (TPSA) is 24.9 Å². The summed E-state index contributed by atoms with van der Waals surface area (Å²) >= 11 is 3.71. The van der Waals surface area contributed by atoms with E-state index in [1.54, 1.807) is 21.8 Å². The summed E-state index contributed by atoms with van der Waals surface area (Å²) in [7, 11) is 0. The number of hydrogen-bond donors (Lipinski definition) is 1. The van der Waals surface area contributed by atoms with Gasteiger partial charge < -0.3 is 5.32 Å². The molecule has 4 heteroatoms. The second-order valence-electron chi connectivity index (χ2n) is 5.13. The van der Waals surface area contributed by atoms with Crippen molar-refractivity contribution in [2.75, 3.05) is 6.54 Å². The zero-order valence-corrected chi connectivity index (χ0v) is 12.9. The van der Waals surface area contributed by atoms with E-state index in [1.807, 2.05) is 23.0 Å². The Labute approximate surface area is 122 Å². The molecule has 0 aromatic carbocycles. The molecule has 1 aliphatic carbocycles. The molecule has 0 amide bonds. The number of aromatic nitrogens is 1. The number of nitrogens with zero attached hydrogens (tertiary/aromatic N) is 1. The van der Waals surface area contributed by atoms with Crippen molar-refractivity contribution in [1.29, 1.82) is 0 Å². The van der Waals surface area contributed by atoms with Crippen molar-refractivity contribution in [2.24, 2.45) is 0 Å². The zero-order chi connectivity index (χ0) is 13.1. The Morgan fingerprint density at radius 1 is 1.47 bits per heavy atom. The van der Waals surface area contributed by atoms with Crippen molar-refractivity contribution in [1.82, 2.24) is 10.3 Å². The zero-order valence-electron chi connectivity index (χ0n) is 11.3. The van der Waals surface area contributed by atoms with Crippen LogP contribution >= 0.6 is 22.7 Å². The van der Waals surface area contributed by atoms with Crippen molar-refractivity contribution in [3.8, 4) is 0 Å². The molecule has 0 saturated carbocycles. The number of aryl methyl sites for hydroxylation is 1. The van der Waals surface area contributed by atoms with Gasteiger partial charge in [0.1, 0.15) is 0 Å². The lowest BCUT2D eigenvalue weighted by Crippen LogP contribution is -2.37. The highest BCUT2D eigenvalue weighted by atomic mass is 32.1. The fraction of sp³-hybridized carbons (Fsp3) is 0.533. The summed E-state index contributed by atoms with van der Waals surface area (Å²) < 4.78 is 0. The van der Waals surface area contributed by atoms with E-state index in [2.05, 4.69) is 28.7 Å². The molecule has 2 atom stereocenters. The van der Waals surface area contributed by atoms with Gasteiger partial charge in [-0.15, -0.1) is 22.7 Å². The Kier molecular flexibility index (Phi) is 4.31. The van der Waals surface area contributed by atoms with Crippen molar-refractivity contribution in [3.63, 3.8) is 0 Å². The molecule has 0 spiro atoms. The van der Waals surface area contributed by atoms with Crippen LogP contribution in [0.5, 0.6) is 0 Å². The smallest absolute Gasteiger partial charge is 0.0794 e. The molecule has 3 rings (SSSR count). The molecular weight excluding hydrogens is 272 g/mol. The van der Waals surface area contributed by atoms with Crippen LogP contribution in [0.4, 0.5) is 0 Å². The third kappa shape index (κ3) is 2.91. The van der Waals surface area contributed by atoms with E-state index in [1.165, 1.54) is 24.1 Å². The lowest BCUT2D eigenvalue weighted by atomic mass is 9.81. The fourth-order valence-corrected chi connectivity index (χ4v) is 4.77. The molecule has 0 saturated heterocycles. The number of hydrogen-bond acceptors (Lipinski definition) is 4. The minimum absolute atomic E-state index is 0.555. The van der Waals surface area contributed by atoms with Crippen molar-refractivity contribution in [2.45, 2.75) is 44.6 Å². The summed E-state index contributed by atoms with van der Waals surface area (Å²) in [6.07, 6.45) is 7.07. The normalized spacial score (nSPS) is 20.2. The molecule has 1 aliphatic rings. The van der Waals surface area contributed by atoms with Gasteiger partial charge in [-0.25, -0.2) is 0 Å². The molecule has 2 heterocycles. The van der Waals surface area contributed by atoms with Crippen LogP contribution in [0.2, 0.25) is 0 Å². The van der Waals surface area contributed by atoms with E-state index in [0.717, 1.165) is 13.0 Å². The largest absolute Gasteiger partial charge is 0.313 e. The molecule has 19 heavy (non-hydrogen) atoms. The minimum Gasteiger partial charge on any atom is -0.313 e. The highest BCUT2D eigenvalue weighted by molar-refractivity contribution is 7.10. The molecule has 102 valence electrons. The summed E-state index contributed by atoms with van der Waals surface area (Å²) in [5.74, 6) is 0.678. The molecule has 2 aromatic rings. The summed E-state index contributed by atoms with van der Waals surface area (Å²) in [4.78, 5) is 7.22. The lowest BCUT2D eigenvalue weighted by molar-refractivity contribution is 0.399. The first kappa shape index (κ1) is 13.3. The first-order valence-electron chi connectivity index (χ1n) is 7.05. The van der Waals surface area contributed by atoms with E-state index in [0.29, 0.717) is 12.0 Å². The number of thiazole rings is 1. The first-order chi connectivity index (χ1) is 9.38. The van der Waals surface area contributed by atoms with Gasteiger partial charge in [0.05, 0.1) is 5.51 Å². The van der Waals surface area contributed by atoms with Crippen LogP contribution < -0.4 is 5.32 Å². The molecular formula is C15H20N2S2. The fourth-order valence-electron chi connectivity index (χ4n) is 3.12. The third-order valence-corrected chi connectivity index (χ3v) is 5.75. The van der Waals surface area contributed by atoms with Crippen LogP contribution in [-0.2, 0) is 12.8 Å². The molecule has 0 fully saturated rings. The number of rotatable bonds is 5. The molecule has 2 nitrogen and oxygen atoms in total. The van der Waals surface area contributed by atoms with E-state index >= 15 is 0 Å². The molecule has 0 aliphatic heterocycles. The Morgan fingerprint density at radius 3 is 3.21 bits per heavy atom. The highest BCUT2D eigenvalue weighted by Gasteiger charge is 2.28. The van der Waals surface area contributed by atoms with Crippen molar-refractivity contribution in [3.05, 3.63) is 38.5 Å². The molecule has 0 radical (unpaired) electrons. The van der Waals surface area contributed by atoms with Crippen LogP contribution in [0, 0.1) is 0 Å². The standard InChI is InChI=1S/C15H20N2S2/c1-2-17-14(8-11-9-16-10-19-11)12-4-3-5-15-13(12)6-7-18-15/h6-7,9-10,12,14,17H,2-5,8H2,1H3. The van der Waals surface area contributed by atoms with E-state index < -0.39 is 0 Å². The van der Waals surface area contributed by atoms with Crippen LogP contribution in [0.3, 0.4) is 0 Å². The maximum Gasteiger partial charge on any atom is 0.0794 e. The maximum absolute atomic E-state index is 4.21. The van der Waals surface area contributed by atoms with Gasteiger partial charge in [-0.05, 0) is 49.2 Å². The van der Waals surface area contributed by atoms with E-state index in [-0.39, 0.29) is 0 Å². The van der Waals surface area contributed by atoms with E-state index in [4.69, 9.17) is 0 Å². The van der Waals surface area contributed by atoms with Gasteiger partial charge in [-0.1, -0.05) is 6.92 Å². The van der Waals surface area contributed by atoms with Gasteiger partial charge in [0.25, 0.3) is 0 Å². The minimum atomic E-state index is 0.555. The molecule has 2 unspecified atom stereocenters. The maximum atomic E-state index is 4.21. The van der Waals surface area contributed by atoms with Crippen molar-refractivity contribution < 1.29 is 0 Å². The Hall–Kier alpha value is -0.710. The van der Waals surface area contributed by atoms with Crippen LogP contribution in [0.15, 0.2) is 23.2 Å². The quantitative estimate of drug-likeness (QED) is 0.905. The van der Waals surface area contributed by atoms with Crippen LogP contribution in [-0.4, -0.2) is 17.6 Å². The number of thiophene rings is 1. The third-order valence-electron chi connectivity index (χ3n) is 3.95. The number of fused-ring (bicyclic) bond motifs is 1. The highest BCUT2D eigenvalue weighted by Crippen LogP contribution is 2.38. The first-order valence-corrected chi connectivity index (χ1v) is 8.81. The van der Waals surface area contributed by atoms with Gasteiger partial charge in [0.15, 0.2) is 0 Å². The Bertz CT molecular complexity index is 504. The summed E-state index contributed by atoms with van der Waals surface area (Å²) in [5, 5.41) is 5.97. The Balaban J connectivity index is 1.81. The monoisotopic (exact) mass is 292 g/mol. The van der Waals surface area contributed by atoms with Gasteiger partial charge >= 0.3 is 0 Å². The SMILES string of the molecule is CCNC(Cc1cncs1)C1CCCc2sccc21. The average Bonchev–Trinajstić information content (AvgIpc) is 3.08. The lowest BCUT2D eigenvalue weighted by Gasteiger charge is -2.31. The van der Waals surface area contributed by atoms with Gasteiger partial charge in [-0.3, -0.25) is 4.98 Å². The molecule has 2 aromatic heterocycles. The van der Waals surface area contributed by atoms with Crippen LogP contribution in [0.1, 0.15) is 41.0 Å². The summed E-state index contributed by atoms with van der Waals surface area (Å²) in [6, 6.07) is 2.90. The molecule has 0 bridgehead atoms. The number of nitrogens with one attached hydrogen (secondary N) is 1. The second-order valence-corrected chi connectivity index (χ2v) is 7.11.